The molecule has 1 aromatic rings. The average molecular weight is 319 g/mol. The van der Waals surface area contributed by atoms with Gasteiger partial charge in [0.1, 0.15) is 0 Å². The zero-order chi connectivity index (χ0) is 15.8. The van der Waals surface area contributed by atoms with Crippen LogP contribution in [0.1, 0.15) is 19.8 Å². The Morgan fingerprint density at radius 1 is 1.19 bits per heavy atom. The van der Waals surface area contributed by atoms with Crippen molar-refractivity contribution >= 4 is 22.6 Å². The number of sulfonamides is 1. The highest BCUT2D eigenvalue weighted by Gasteiger charge is 2.33. The molecule has 9 heteroatoms. The Labute approximate surface area is 122 Å². The lowest BCUT2D eigenvalue weighted by atomic mass is 9.80. The molecule has 0 amide bonds. The molecule has 0 aliphatic carbocycles. The second-order valence-corrected chi connectivity index (χ2v) is 7.17. The summed E-state index contributed by atoms with van der Waals surface area (Å²) in [7, 11) is -6.29. The molecule has 116 valence electrons. The van der Waals surface area contributed by atoms with E-state index in [9.17, 15) is 27.2 Å². The predicted molar refractivity (Wildman–Crippen MR) is 73.3 cm³/mol. The van der Waals surface area contributed by atoms with Gasteiger partial charge in [0.05, 0.1) is 4.90 Å². The van der Waals surface area contributed by atoms with E-state index < -0.39 is 39.1 Å². The molecule has 0 unspecified atom stereocenters. The molecule has 1 aromatic carbocycles. The maximum Gasteiger partial charge on any atom is 0.489 e. The highest BCUT2D eigenvalue weighted by molar-refractivity contribution is 7.89. The molecule has 0 radical (unpaired) electrons. The summed E-state index contributed by atoms with van der Waals surface area (Å²) in [5.74, 6) is -2.28. The van der Waals surface area contributed by atoms with E-state index in [4.69, 9.17) is 0 Å². The molecule has 1 heterocycles. The molecule has 1 fully saturated rings. The normalized spacial score (nSPS) is 18.0. The van der Waals surface area contributed by atoms with E-state index in [-0.39, 0.29) is 13.1 Å². The molecule has 0 bridgehead atoms. The average Bonchev–Trinajstić information content (AvgIpc) is 2.41. The van der Waals surface area contributed by atoms with Crippen LogP contribution in [-0.2, 0) is 10.0 Å². The van der Waals surface area contributed by atoms with E-state index >= 15 is 0 Å². The first-order valence-corrected chi connectivity index (χ1v) is 8.02. The third-order valence-electron chi connectivity index (χ3n) is 3.69. The minimum Gasteiger partial charge on any atom is -0.423 e. The lowest BCUT2D eigenvalue weighted by molar-refractivity contribution is 0.288. The molecule has 5 nitrogen and oxygen atoms in total. The third-order valence-corrected chi connectivity index (χ3v) is 5.65. The number of hydrogen-bond donors (Lipinski definition) is 2. The van der Waals surface area contributed by atoms with Gasteiger partial charge in [0.15, 0.2) is 11.6 Å². The molecule has 0 spiro atoms. The molecule has 0 saturated carbocycles. The maximum absolute atomic E-state index is 13.4. The molecule has 0 atom stereocenters. The Balaban J connectivity index is 2.46. The van der Waals surface area contributed by atoms with Gasteiger partial charge in [-0.15, -0.1) is 0 Å². The lowest BCUT2D eigenvalue weighted by Gasteiger charge is -2.30. The van der Waals surface area contributed by atoms with Crippen LogP contribution in [0.3, 0.4) is 0 Å². The van der Waals surface area contributed by atoms with E-state index in [0.29, 0.717) is 30.9 Å². The van der Waals surface area contributed by atoms with Crippen LogP contribution >= 0.6 is 0 Å². The van der Waals surface area contributed by atoms with Crippen molar-refractivity contribution in [3.63, 3.8) is 0 Å². The highest BCUT2D eigenvalue weighted by Crippen LogP contribution is 2.23. The lowest BCUT2D eigenvalue weighted by Crippen LogP contribution is -2.43. The number of nitrogens with zero attached hydrogens (tertiary/aromatic N) is 1. The highest BCUT2D eigenvalue weighted by atomic mass is 32.2. The molecule has 1 saturated heterocycles. The van der Waals surface area contributed by atoms with Crippen LogP contribution in [0.15, 0.2) is 17.0 Å². The number of rotatable bonds is 3. The number of halogens is 2. The summed E-state index contributed by atoms with van der Waals surface area (Å²) in [6.45, 7) is 2.54. The molecular formula is C12H16BF2NO4S. The van der Waals surface area contributed by atoms with Crippen LogP contribution < -0.4 is 5.46 Å². The standard InChI is InChI=1S/C12H16BF2NO4S/c1-8-2-4-16(5-3-8)21(19,20)12-7-11(15)10(14)6-9(12)13(17)18/h6-8,17-18H,2-5H2,1H3. The summed E-state index contributed by atoms with van der Waals surface area (Å²) in [6, 6.07) is 0.997. The summed E-state index contributed by atoms with van der Waals surface area (Å²) in [4.78, 5) is -0.606. The monoisotopic (exact) mass is 319 g/mol. The second-order valence-electron chi connectivity index (χ2n) is 5.26. The molecule has 1 aliphatic heterocycles. The van der Waals surface area contributed by atoms with Crippen molar-refractivity contribution in [2.45, 2.75) is 24.7 Å². The Hall–Kier alpha value is -1.03. The molecular weight excluding hydrogens is 303 g/mol. The predicted octanol–water partition coefficient (Wildman–Crippen LogP) is 0.0652. The molecule has 2 rings (SSSR count). The van der Waals surface area contributed by atoms with E-state index in [1.165, 1.54) is 0 Å². The third kappa shape index (κ3) is 3.26. The largest absolute Gasteiger partial charge is 0.489 e. The van der Waals surface area contributed by atoms with E-state index in [0.717, 1.165) is 4.31 Å². The summed E-state index contributed by atoms with van der Waals surface area (Å²) < 4.78 is 52.7. The van der Waals surface area contributed by atoms with Crippen LogP contribution in [0, 0.1) is 17.6 Å². The first-order chi connectivity index (χ1) is 9.73. The van der Waals surface area contributed by atoms with Gasteiger partial charge in [-0.25, -0.2) is 17.2 Å². The van der Waals surface area contributed by atoms with Gasteiger partial charge in [0.25, 0.3) is 0 Å². The molecule has 1 aliphatic rings. The topological polar surface area (TPSA) is 77.8 Å². The SMILES string of the molecule is CC1CCN(S(=O)(=O)c2cc(F)c(F)cc2B(O)O)CC1. The van der Waals surface area contributed by atoms with Crippen LogP contribution in [0.4, 0.5) is 8.78 Å². The van der Waals surface area contributed by atoms with Gasteiger partial charge < -0.3 is 10.0 Å². The van der Waals surface area contributed by atoms with Crippen molar-refractivity contribution < 1.29 is 27.2 Å². The zero-order valence-electron chi connectivity index (χ0n) is 11.5. The van der Waals surface area contributed by atoms with E-state index in [1.54, 1.807) is 0 Å². The van der Waals surface area contributed by atoms with Gasteiger partial charge in [-0.05, 0) is 30.9 Å². The Morgan fingerprint density at radius 3 is 2.24 bits per heavy atom. The van der Waals surface area contributed by atoms with Crippen LogP contribution in [0.5, 0.6) is 0 Å². The van der Waals surface area contributed by atoms with Crippen molar-refractivity contribution in [1.29, 1.82) is 0 Å². The number of piperidine rings is 1. The van der Waals surface area contributed by atoms with Gasteiger partial charge in [0, 0.05) is 18.6 Å². The summed E-state index contributed by atoms with van der Waals surface area (Å²) in [6.07, 6.45) is 1.33. The van der Waals surface area contributed by atoms with Crippen molar-refractivity contribution in [2.75, 3.05) is 13.1 Å². The van der Waals surface area contributed by atoms with Gasteiger partial charge in [-0.3, -0.25) is 0 Å². The van der Waals surface area contributed by atoms with Gasteiger partial charge in [-0.1, -0.05) is 6.92 Å². The fourth-order valence-corrected chi connectivity index (χ4v) is 4.02. The van der Waals surface area contributed by atoms with Crippen LogP contribution in [-0.4, -0.2) is 43.0 Å². The van der Waals surface area contributed by atoms with Crippen LogP contribution in [0.2, 0.25) is 0 Å². The Morgan fingerprint density at radius 2 is 1.71 bits per heavy atom. The molecule has 0 aromatic heterocycles. The van der Waals surface area contributed by atoms with Gasteiger partial charge >= 0.3 is 7.12 Å². The number of hydrogen-bond acceptors (Lipinski definition) is 4. The Kier molecular flexibility index (Phi) is 4.67. The maximum atomic E-state index is 13.4. The van der Waals surface area contributed by atoms with Crippen molar-refractivity contribution in [3.8, 4) is 0 Å². The minimum atomic E-state index is -4.09. The zero-order valence-corrected chi connectivity index (χ0v) is 12.3. The summed E-state index contributed by atoms with van der Waals surface area (Å²) in [5.41, 5.74) is -0.562. The fourth-order valence-electron chi connectivity index (χ4n) is 2.33. The fraction of sp³-hybridized carbons (Fsp3) is 0.500. The quantitative estimate of drug-likeness (QED) is 0.773. The Bertz CT molecular complexity index is 630. The summed E-state index contributed by atoms with van der Waals surface area (Å²) >= 11 is 0. The molecule has 21 heavy (non-hydrogen) atoms. The smallest absolute Gasteiger partial charge is 0.423 e. The van der Waals surface area contributed by atoms with Gasteiger partial charge in [-0.2, -0.15) is 4.31 Å². The van der Waals surface area contributed by atoms with E-state index in [1.807, 2.05) is 6.92 Å². The van der Waals surface area contributed by atoms with E-state index in [2.05, 4.69) is 0 Å². The van der Waals surface area contributed by atoms with Crippen molar-refractivity contribution in [3.05, 3.63) is 23.8 Å². The van der Waals surface area contributed by atoms with Gasteiger partial charge in [0.2, 0.25) is 10.0 Å². The van der Waals surface area contributed by atoms with Crippen molar-refractivity contribution in [2.24, 2.45) is 5.92 Å². The minimum absolute atomic E-state index is 0.267. The first-order valence-electron chi connectivity index (χ1n) is 6.58. The van der Waals surface area contributed by atoms with Crippen molar-refractivity contribution in [1.82, 2.24) is 4.31 Å². The second kappa shape index (κ2) is 6.00. The first kappa shape index (κ1) is 16.3. The molecule has 2 N–H and O–H groups in total. The number of benzene rings is 1. The summed E-state index contributed by atoms with van der Waals surface area (Å²) in [5, 5.41) is 18.4. The van der Waals surface area contributed by atoms with Crippen LogP contribution in [0.25, 0.3) is 0 Å².